The van der Waals surface area contributed by atoms with E-state index in [2.05, 4.69) is 9.69 Å². The third-order valence-electron chi connectivity index (χ3n) is 10.3. The number of hydrogen-bond acceptors (Lipinski definition) is 4. The van der Waals surface area contributed by atoms with Crippen molar-refractivity contribution in [2.24, 2.45) is 0 Å². The van der Waals surface area contributed by atoms with Crippen LogP contribution in [0.25, 0.3) is 9.69 Å². The molecule has 0 radical (unpaired) electrons. The minimum absolute atomic E-state index is 0.383. The van der Waals surface area contributed by atoms with Gasteiger partial charge in [0.15, 0.2) is 11.4 Å². The van der Waals surface area contributed by atoms with Crippen molar-refractivity contribution in [2.45, 2.75) is 24.3 Å². The van der Waals surface area contributed by atoms with E-state index in [0.717, 1.165) is 36.7 Å². The highest BCUT2D eigenvalue weighted by atomic mass is 19.1. The van der Waals surface area contributed by atoms with Crippen LogP contribution in [0.3, 0.4) is 0 Å². The largest absolute Gasteiger partial charge is 0.483 e. The molecule has 0 amide bonds. The smallest absolute Gasteiger partial charge is 0.251 e. The van der Waals surface area contributed by atoms with Gasteiger partial charge in [0.25, 0.3) is 11.1 Å². The first-order chi connectivity index (χ1) is 31.9. The molecule has 0 saturated carbocycles. The lowest BCUT2D eigenvalue weighted by Gasteiger charge is -2.30. The summed E-state index contributed by atoms with van der Waals surface area (Å²) in [5, 5.41) is 0. The molecule has 66 heavy (non-hydrogen) atoms. The molecule has 8 rings (SSSR count). The minimum atomic E-state index is -0.922. The van der Waals surface area contributed by atoms with E-state index in [-0.39, 0.29) is 0 Å². The van der Waals surface area contributed by atoms with Gasteiger partial charge in [0.05, 0.1) is 13.1 Å². The van der Waals surface area contributed by atoms with Gasteiger partial charge in [0.1, 0.15) is 70.7 Å². The van der Waals surface area contributed by atoms with Crippen LogP contribution in [0.4, 0.5) is 37.7 Å². The molecule has 0 unspecified atom stereocenters. The molecule has 0 aliphatic heterocycles. The lowest BCUT2D eigenvalue weighted by molar-refractivity contribution is 0.155. The highest BCUT2D eigenvalue weighted by Gasteiger charge is 2.32. The Balaban J connectivity index is 0.000000196. The van der Waals surface area contributed by atoms with Crippen LogP contribution in [-0.2, 0) is 0 Å². The quantitative estimate of drug-likeness (QED) is 0.0905. The van der Waals surface area contributed by atoms with Crippen LogP contribution < -0.4 is 20.6 Å². The first-order valence-electron chi connectivity index (χ1n) is 19.9. The molecule has 8 aromatic rings. The molecule has 0 spiro atoms. The van der Waals surface area contributed by atoms with E-state index >= 15 is 0 Å². The average molecular weight is 893 g/mol. The van der Waals surface area contributed by atoms with Crippen LogP contribution in [0.15, 0.2) is 192 Å². The van der Waals surface area contributed by atoms with Crippen molar-refractivity contribution in [1.29, 1.82) is 0 Å². The van der Waals surface area contributed by atoms with Gasteiger partial charge in [-0.25, -0.2) is 36.0 Å². The maximum atomic E-state index is 14.2. The van der Waals surface area contributed by atoms with Crippen LogP contribution in [0, 0.1) is 48.0 Å². The Labute approximate surface area is 374 Å². The highest BCUT2D eigenvalue weighted by Crippen LogP contribution is 2.38. The predicted molar refractivity (Wildman–Crippen MR) is 235 cm³/mol. The Hall–Kier alpha value is -8.62. The van der Waals surface area contributed by atoms with Gasteiger partial charge in [-0.2, -0.15) is 0 Å². The molecule has 14 heteroatoms. The Morgan fingerprint density at radius 1 is 0.364 bits per heavy atom. The van der Waals surface area contributed by atoms with Crippen LogP contribution >= 0.6 is 0 Å². The zero-order chi connectivity index (χ0) is 46.7. The van der Waals surface area contributed by atoms with E-state index in [9.17, 15) is 35.9 Å². The van der Waals surface area contributed by atoms with Crippen molar-refractivity contribution in [3.05, 3.63) is 283 Å². The maximum Gasteiger partial charge on any atom is 0.251 e. The Morgan fingerprint density at radius 3 is 0.924 bits per heavy atom. The summed E-state index contributed by atoms with van der Waals surface area (Å²) in [5.41, 5.74) is 1.82. The summed E-state index contributed by atoms with van der Waals surface area (Å²) in [6.07, 6.45) is 0.264. The molecule has 0 aliphatic carbocycles. The Morgan fingerprint density at radius 2 is 0.636 bits per heavy atom. The minimum Gasteiger partial charge on any atom is -0.483 e. The van der Waals surface area contributed by atoms with Crippen LogP contribution in [-0.4, -0.2) is 9.13 Å². The molecule has 2 heterocycles. The molecule has 4 atom stereocenters. The topological polar surface area (TPSA) is 71.2 Å². The second-order valence-electron chi connectivity index (χ2n) is 14.6. The van der Waals surface area contributed by atoms with Gasteiger partial charge in [-0.1, -0.05) is 72.8 Å². The van der Waals surface area contributed by atoms with Crippen molar-refractivity contribution >= 4 is 11.4 Å². The van der Waals surface area contributed by atoms with Crippen molar-refractivity contribution in [3.63, 3.8) is 0 Å². The molecule has 0 N–H and O–H groups in total. The first kappa shape index (κ1) is 45.4. The lowest BCUT2D eigenvalue weighted by Crippen LogP contribution is -2.31. The number of pyridine rings is 2. The number of hydrogen-bond donors (Lipinski definition) is 0. The lowest BCUT2D eigenvalue weighted by atomic mass is 9.94. The molecular weight excluding hydrogens is 859 g/mol. The van der Waals surface area contributed by atoms with Crippen molar-refractivity contribution < 1.29 is 35.8 Å². The Kier molecular flexibility index (Phi) is 14.2. The van der Waals surface area contributed by atoms with Crippen LogP contribution in [0.1, 0.15) is 46.5 Å². The molecule has 8 nitrogen and oxygen atoms in total. The van der Waals surface area contributed by atoms with E-state index in [0.29, 0.717) is 45.1 Å². The van der Waals surface area contributed by atoms with E-state index in [4.69, 9.17) is 22.6 Å². The van der Waals surface area contributed by atoms with E-state index in [1.165, 1.54) is 106 Å². The van der Waals surface area contributed by atoms with Gasteiger partial charge in [0.2, 0.25) is 0 Å². The average Bonchev–Trinajstić information content (AvgIpc) is 3.33. The summed E-state index contributed by atoms with van der Waals surface area (Å²) in [6, 6.07) is 37.1. The molecule has 328 valence electrons. The number of nitrogens with zero attached hydrogens (tertiary/aromatic N) is 4. The second-order valence-corrected chi connectivity index (χ2v) is 14.6. The van der Waals surface area contributed by atoms with Crippen molar-refractivity contribution in [1.82, 2.24) is 9.13 Å². The molecule has 0 fully saturated rings. The molecule has 0 saturated heterocycles. The standard InChI is InChI=1S/2C26H17F3N2O2/c2*1-30-22-11-13-23(14-12-22)33-26(18-4-8-20(28)9-5-18)25(17-2-6-19(27)7-3-17)31-16-21(29)10-15-24(31)32/h2*2-16,25-26H/t2*25-,26-/m10/s1. The van der Waals surface area contributed by atoms with Gasteiger partial charge in [-0.3, -0.25) is 9.59 Å². The van der Waals surface area contributed by atoms with Gasteiger partial charge < -0.3 is 18.6 Å². The molecule has 2 aromatic heterocycles. The molecule has 0 bridgehead atoms. The third kappa shape index (κ3) is 11.1. The number of benzene rings is 6. The summed E-state index contributed by atoms with van der Waals surface area (Å²) in [7, 11) is 0. The second kappa shape index (κ2) is 20.7. The van der Waals surface area contributed by atoms with E-state index < -0.39 is 70.3 Å². The SMILES string of the molecule is [C-]#[N+]c1ccc(O[C@@H](c2ccc(F)cc2)[C@H](c2ccc(F)cc2)n2cc(F)ccc2=O)cc1.[C-]#[N+]c1ccc(O[C@H](c2ccc(F)cc2)[C@@H](c2ccc(F)cc2)n2cc(F)ccc2=O)cc1. The highest BCUT2D eigenvalue weighted by molar-refractivity contribution is 5.48. The zero-order valence-corrected chi connectivity index (χ0v) is 34.3. The van der Waals surface area contributed by atoms with Gasteiger partial charge in [0, 0.05) is 24.5 Å². The predicted octanol–water partition coefficient (Wildman–Crippen LogP) is 12.5. The van der Waals surface area contributed by atoms with Gasteiger partial charge in [-0.15, -0.1) is 0 Å². The first-order valence-corrected chi connectivity index (χ1v) is 19.9. The fraction of sp³-hybridized carbons (Fsp3) is 0.0769. The fourth-order valence-electron chi connectivity index (χ4n) is 7.10. The van der Waals surface area contributed by atoms with Gasteiger partial charge >= 0.3 is 0 Å². The summed E-state index contributed by atoms with van der Waals surface area (Å²) >= 11 is 0. The van der Waals surface area contributed by atoms with E-state index in [1.54, 1.807) is 48.5 Å². The summed E-state index contributed by atoms with van der Waals surface area (Å²) in [4.78, 5) is 32.2. The number of halogens is 6. The zero-order valence-electron chi connectivity index (χ0n) is 34.3. The van der Waals surface area contributed by atoms with Crippen molar-refractivity contribution in [3.8, 4) is 11.5 Å². The monoisotopic (exact) mass is 892 g/mol. The van der Waals surface area contributed by atoms with Crippen molar-refractivity contribution in [2.75, 3.05) is 0 Å². The third-order valence-corrected chi connectivity index (χ3v) is 10.3. The Bertz CT molecular complexity index is 2900. The normalized spacial score (nSPS) is 12.5. The fourth-order valence-corrected chi connectivity index (χ4v) is 7.10. The summed E-state index contributed by atoms with van der Waals surface area (Å²) < 4.78 is 97.8. The van der Waals surface area contributed by atoms with Crippen LogP contribution in [0.5, 0.6) is 11.5 Å². The summed E-state index contributed by atoms with van der Waals surface area (Å²) in [5.74, 6) is -2.37. The molecule has 0 aliphatic rings. The number of rotatable bonds is 12. The van der Waals surface area contributed by atoms with Crippen LogP contribution in [0.2, 0.25) is 0 Å². The van der Waals surface area contributed by atoms with E-state index in [1.807, 2.05) is 0 Å². The molecule has 6 aromatic carbocycles. The number of ether oxygens (including phenoxy) is 2. The summed E-state index contributed by atoms with van der Waals surface area (Å²) in [6.45, 7) is 14.2. The molecular formula is C52H34F6N4O4. The van der Waals surface area contributed by atoms with Gasteiger partial charge in [-0.05, 0) is 107 Å². The maximum absolute atomic E-state index is 14.2. The number of aromatic nitrogens is 2.